The highest BCUT2D eigenvalue weighted by molar-refractivity contribution is 7.80. The van der Waals surface area contributed by atoms with Gasteiger partial charge in [0.25, 0.3) is 17.3 Å². The van der Waals surface area contributed by atoms with Gasteiger partial charge in [0.1, 0.15) is 0 Å². The van der Waals surface area contributed by atoms with Crippen molar-refractivity contribution in [1.82, 2.24) is 5.32 Å². The molecule has 0 aliphatic carbocycles. The number of amides is 1. The molecule has 0 bridgehead atoms. The van der Waals surface area contributed by atoms with Gasteiger partial charge in [0.2, 0.25) is 0 Å². The summed E-state index contributed by atoms with van der Waals surface area (Å²) in [6.45, 7) is 0. The molecular formula is C14H8Cl2N4O5S. The third-order valence-corrected chi connectivity index (χ3v) is 3.74. The number of nitro benzene ring substituents is 2. The van der Waals surface area contributed by atoms with E-state index in [1.165, 1.54) is 12.1 Å². The summed E-state index contributed by atoms with van der Waals surface area (Å²) in [5.74, 6) is -0.862. The lowest BCUT2D eigenvalue weighted by Crippen LogP contribution is -2.34. The molecule has 0 unspecified atom stereocenters. The van der Waals surface area contributed by atoms with Crippen LogP contribution in [-0.2, 0) is 0 Å². The number of benzene rings is 2. The average molecular weight is 415 g/mol. The highest BCUT2D eigenvalue weighted by Crippen LogP contribution is 2.25. The second-order valence-corrected chi connectivity index (χ2v) is 6.04. The Labute approximate surface area is 161 Å². The van der Waals surface area contributed by atoms with Crippen LogP contribution in [0.15, 0.2) is 36.4 Å². The van der Waals surface area contributed by atoms with Crippen molar-refractivity contribution in [2.75, 3.05) is 5.32 Å². The Hall–Kier alpha value is -2.82. The number of halogens is 2. The summed E-state index contributed by atoms with van der Waals surface area (Å²) >= 11 is 16.7. The first-order chi connectivity index (χ1) is 12.2. The first kappa shape index (κ1) is 19.5. The molecule has 0 saturated heterocycles. The van der Waals surface area contributed by atoms with E-state index in [0.29, 0.717) is 10.7 Å². The summed E-state index contributed by atoms with van der Waals surface area (Å²) in [5, 5.41) is 27.1. The quantitative estimate of drug-likeness (QED) is 0.440. The van der Waals surface area contributed by atoms with Crippen LogP contribution in [0.25, 0.3) is 0 Å². The molecule has 0 aliphatic heterocycles. The lowest BCUT2D eigenvalue weighted by atomic mass is 10.1. The van der Waals surface area contributed by atoms with Gasteiger partial charge in [0, 0.05) is 17.2 Å². The van der Waals surface area contributed by atoms with E-state index in [-0.39, 0.29) is 15.7 Å². The van der Waals surface area contributed by atoms with Crippen molar-refractivity contribution in [3.05, 3.63) is 72.2 Å². The molecule has 26 heavy (non-hydrogen) atoms. The Kier molecular flexibility index (Phi) is 6.03. The van der Waals surface area contributed by atoms with Gasteiger partial charge >= 0.3 is 0 Å². The molecule has 0 spiro atoms. The molecule has 0 heterocycles. The van der Waals surface area contributed by atoms with Crippen LogP contribution in [-0.4, -0.2) is 20.9 Å². The molecule has 0 saturated carbocycles. The minimum absolute atomic E-state index is 0.159. The summed E-state index contributed by atoms with van der Waals surface area (Å²) in [5.41, 5.74) is -1.11. The Morgan fingerprint density at radius 1 is 1.00 bits per heavy atom. The number of carbonyl (C=O) groups is 1. The lowest BCUT2D eigenvalue weighted by Gasteiger charge is -2.11. The number of nitrogens with zero attached hydrogens (tertiary/aromatic N) is 2. The van der Waals surface area contributed by atoms with Gasteiger partial charge in [0.15, 0.2) is 5.11 Å². The molecule has 0 atom stereocenters. The van der Waals surface area contributed by atoms with E-state index in [4.69, 9.17) is 35.4 Å². The number of nitrogens with one attached hydrogen (secondary N) is 2. The van der Waals surface area contributed by atoms with E-state index in [2.05, 4.69) is 10.6 Å². The monoisotopic (exact) mass is 414 g/mol. The van der Waals surface area contributed by atoms with Gasteiger partial charge in [-0.15, -0.1) is 0 Å². The Balaban J connectivity index is 2.19. The first-order valence-corrected chi connectivity index (χ1v) is 7.85. The number of hydrogen-bond acceptors (Lipinski definition) is 6. The average Bonchev–Trinajstić information content (AvgIpc) is 2.56. The highest BCUT2D eigenvalue weighted by Gasteiger charge is 2.20. The molecule has 12 heteroatoms. The van der Waals surface area contributed by atoms with Gasteiger partial charge in [-0.2, -0.15) is 0 Å². The van der Waals surface area contributed by atoms with Crippen LogP contribution >= 0.6 is 35.4 Å². The Morgan fingerprint density at radius 2 is 1.58 bits per heavy atom. The predicted octanol–water partition coefficient (Wildman–Crippen LogP) is 3.94. The number of hydrogen-bond donors (Lipinski definition) is 2. The van der Waals surface area contributed by atoms with Crippen LogP contribution in [0.3, 0.4) is 0 Å². The maximum absolute atomic E-state index is 12.2. The Morgan fingerprint density at radius 3 is 2.08 bits per heavy atom. The van der Waals surface area contributed by atoms with Crippen molar-refractivity contribution in [2.24, 2.45) is 0 Å². The minimum Gasteiger partial charge on any atom is -0.331 e. The molecule has 0 aliphatic rings. The highest BCUT2D eigenvalue weighted by atomic mass is 35.5. The fourth-order valence-electron chi connectivity index (χ4n) is 1.86. The lowest BCUT2D eigenvalue weighted by molar-refractivity contribution is -0.394. The number of rotatable bonds is 4. The molecule has 0 aromatic heterocycles. The van der Waals surface area contributed by atoms with Crippen LogP contribution in [0.4, 0.5) is 17.1 Å². The van der Waals surface area contributed by atoms with Crippen molar-refractivity contribution in [1.29, 1.82) is 0 Å². The second kappa shape index (κ2) is 8.04. The number of carbonyl (C=O) groups excluding carboxylic acids is 1. The summed E-state index contributed by atoms with van der Waals surface area (Å²) in [7, 11) is 0. The second-order valence-electron chi connectivity index (χ2n) is 4.78. The smallest absolute Gasteiger partial charge is 0.277 e. The summed E-state index contributed by atoms with van der Waals surface area (Å²) in [6.07, 6.45) is 0. The number of thiocarbonyl (C=S) groups is 1. The summed E-state index contributed by atoms with van der Waals surface area (Å²) in [4.78, 5) is 32.3. The molecule has 1 amide bonds. The van der Waals surface area contributed by atoms with Crippen molar-refractivity contribution in [3.8, 4) is 0 Å². The van der Waals surface area contributed by atoms with Crippen molar-refractivity contribution in [2.45, 2.75) is 0 Å². The SMILES string of the molecule is O=C(NC(=S)Nc1ccc(Cl)cc1Cl)c1cc([N+](=O)[O-])cc([N+](=O)[O-])c1. The summed E-state index contributed by atoms with van der Waals surface area (Å²) in [6, 6.07) is 7.09. The number of non-ortho nitro benzene ring substituents is 2. The van der Waals surface area contributed by atoms with Gasteiger partial charge in [-0.3, -0.25) is 30.3 Å². The van der Waals surface area contributed by atoms with Crippen molar-refractivity contribution < 1.29 is 14.6 Å². The van der Waals surface area contributed by atoms with Crippen molar-refractivity contribution >= 4 is 63.5 Å². The maximum Gasteiger partial charge on any atom is 0.277 e. The fourth-order valence-corrected chi connectivity index (χ4v) is 2.52. The number of anilines is 1. The molecular weight excluding hydrogens is 407 g/mol. The molecule has 2 rings (SSSR count). The topological polar surface area (TPSA) is 127 Å². The van der Waals surface area contributed by atoms with Gasteiger partial charge in [-0.05, 0) is 30.4 Å². The van der Waals surface area contributed by atoms with Gasteiger partial charge in [0.05, 0.1) is 32.2 Å². The van der Waals surface area contributed by atoms with Gasteiger partial charge in [-0.25, -0.2) is 0 Å². The van der Waals surface area contributed by atoms with Gasteiger partial charge < -0.3 is 5.32 Å². The fraction of sp³-hybridized carbons (Fsp3) is 0. The largest absolute Gasteiger partial charge is 0.331 e. The van der Waals surface area contributed by atoms with E-state index in [1.54, 1.807) is 6.07 Å². The standard InChI is InChI=1S/C14H8Cl2N4O5S/c15-8-1-2-12(11(16)5-8)17-14(26)18-13(21)7-3-9(19(22)23)6-10(4-7)20(24)25/h1-6H,(H2,17,18,21,26). The molecule has 134 valence electrons. The molecule has 2 N–H and O–H groups in total. The van der Waals surface area contributed by atoms with E-state index in [0.717, 1.165) is 18.2 Å². The number of nitro groups is 2. The zero-order valence-corrected chi connectivity index (χ0v) is 14.9. The van der Waals surface area contributed by atoms with Crippen LogP contribution in [0, 0.1) is 20.2 Å². The van der Waals surface area contributed by atoms with Crippen LogP contribution in [0.2, 0.25) is 10.0 Å². The molecule has 9 nitrogen and oxygen atoms in total. The molecule has 0 fully saturated rings. The third-order valence-electron chi connectivity index (χ3n) is 2.99. The van der Waals surface area contributed by atoms with E-state index in [1.807, 2.05) is 0 Å². The third kappa shape index (κ3) is 4.85. The zero-order chi connectivity index (χ0) is 19.4. The van der Waals surface area contributed by atoms with Crippen LogP contribution in [0.5, 0.6) is 0 Å². The Bertz CT molecular complexity index is 905. The minimum atomic E-state index is -0.862. The van der Waals surface area contributed by atoms with E-state index >= 15 is 0 Å². The molecule has 0 radical (unpaired) electrons. The van der Waals surface area contributed by atoms with E-state index < -0.39 is 27.1 Å². The zero-order valence-electron chi connectivity index (χ0n) is 12.6. The normalized spacial score (nSPS) is 10.1. The summed E-state index contributed by atoms with van der Waals surface area (Å²) < 4.78 is 0. The van der Waals surface area contributed by atoms with E-state index in [9.17, 15) is 25.0 Å². The van der Waals surface area contributed by atoms with Crippen molar-refractivity contribution in [3.63, 3.8) is 0 Å². The molecule has 2 aromatic rings. The van der Waals surface area contributed by atoms with Crippen LogP contribution in [0.1, 0.15) is 10.4 Å². The van der Waals surface area contributed by atoms with Gasteiger partial charge in [-0.1, -0.05) is 23.2 Å². The van der Waals surface area contributed by atoms with Crippen LogP contribution < -0.4 is 10.6 Å². The maximum atomic E-state index is 12.2. The molecule has 2 aromatic carbocycles. The first-order valence-electron chi connectivity index (χ1n) is 6.68. The predicted molar refractivity (Wildman–Crippen MR) is 99.9 cm³/mol.